The minimum atomic E-state index is -0.497. The van der Waals surface area contributed by atoms with Gasteiger partial charge in [0, 0.05) is 17.4 Å². The highest BCUT2D eigenvalue weighted by Crippen LogP contribution is 2.42. The van der Waals surface area contributed by atoms with Crippen molar-refractivity contribution in [1.82, 2.24) is 0 Å². The zero-order chi connectivity index (χ0) is 15.3. The predicted molar refractivity (Wildman–Crippen MR) is 82.2 cm³/mol. The molecule has 1 aromatic rings. The Bertz CT molecular complexity index is 547. The van der Waals surface area contributed by atoms with Crippen LogP contribution < -0.4 is 0 Å². The number of Topliss-reactive ketones (excluding diaryl/α,β-unsaturated/α-hetero) is 1. The predicted octanol–water partition coefficient (Wildman–Crippen LogP) is 3.72. The van der Waals surface area contributed by atoms with Gasteiger partial charge in [0.15, 0.2) is 5.78 Å². The summed E-state index contributed by atoms with van der Waals surface area (Å²) in [4.78, 5) is 24.5. The van der Waals surface area contributed by atoms with E-state index in [1.54, 1.807) is 13.0 Å². The third-order valence-corrected chi connectivity index (χ3v) is 4.26. The van der Waals surface area contributed by atoms with Crippen molar-refractivity contribution in [1.29, 1.82) is 0 Å². The molecule has 0 N–H and O–H groups in total. The van der Waals surface area contributed by atoms with Crippen molar-refractivity contribution in [2.24, 2.45) is 5.41 Å². The van der Waals surface area contributed by atoms with Gasteiger partial charge < -0.3 is 4.74 Å². The Morgan fingerprint density at radius 2 is 2.19 bits per heavy atom. The fourth-order valence-corrected chi connectivity index (χ4v) is 3.12. The summed E-state index contributed by atoms with van der Waals surface area (Å²) < 4.78 is 4.98. The van der Waals surface area contributed by atoms with E-state index in [1.807, 2.05) is 24.3 Å². The first-order valence-corrected chi connectivity index (χ1v) is 7.52. The molecule has 21 heavy (non-hydrogen) atoms. The van der Waals surface area contributed by atoms with E-state index in [4.69, 9.17) is 4.74 Å². The van der Waals surface area contributed by atoms with Gasteiger partial charge in [-0.15, -0.1) is 6.58 Å². The largest absolute Gasteiger partial charge is 0.466 e. The van der Waals surface area contributed by atoms with Gasteiger partial charge in [-0.25, -0.2) is 0 Å². The monoisotopic (exact) mass is 286 g/mol. The van der Waals surface area contributed by atoms with Crippen molar-refractivity contribution in [2.75, 3.05) is 6.61 Å². The van der Waals surface area contributed by atoms with Crippen molar-refractivity contribution < 1.29 is 14.3 Å². The first-order valence-electron chi connectivity index (χ1n) is 7.52. The van der Waals surface area contributed by atoms with Crippen molar-refractivity contribution in [2.45, 2.75) is 39.0 Å². The van der Waals surface area contributed by atoms with E-state index in [-0.39, 0.29) is 18.2 Å². The van der Waals surface area contributed by atoms with Crippen molar-refractivity contribution >= 4 is 11.8 Å². The maximum absolute atomic E-state index is 12.9. The van der Waals surface area contributed by atoms with E-state index < -0.39 is 5.41 Å². The van der Waals surface area contributed by atoms with Crippen LogP contribution in [-0.4, -0.2) is 18.4 Å². The fraction of sp³-hybridized carbons (Fsp3) is 0.444. The van der Waals surface area contributed by atoms with Crippen LogP contribution in [0.5, 0.6) is 0 Å². The van der Waals surface area contributed by atoms with Gasteiger partial charge in [0.2, 0.25) is 0 Å². The lowest BCUT2D eigenvalue weighted by atomic mass is 9.66. The second kappa shape index (κ2) is 6.70. The molecule has 1 aromatic carbocycles. The van der Waals surface area contributed by atoms with E-state index in [1.165, 1.54) is 0 Å². The third-order valence-electron chi connectivity index (χ3n) is 4.26. The molecule has 0 amide bonds. The molecule has 2 rings (SSSR count). The number of esters is 1. The van der Waals surface area contributed by atoms with Crippen LogP contribution in [0.2, 0.25) is 0 Å². The molecule has 0 saturated heterocycles. The Morgan fingerprint density at radius 1 is 1.43 bits per heavy atom. The standard InChI is InChI=1S/C18H22O3/c1-3-11-18(13-10-16(19)21-4-2)12-9-14-7-5-6-8-15(14)17(18)20/h3,5-8H,1,4,9-13H2,2H3. The second-order valence-corrected chi connectivity index (χ2v) is 5.56. The number of aryl methyl sites for hydroxylation is 1. The zero-order valence-corrected chi connectivity index (χ0v) is 12.6. The van der Waals surface area contributed by atoms with E-state index in [2.05, 4.69) is 6.58 Å². The molecule has 1 unspecified atom stereocenters. The van der Waals surface area contributed by atoms with Crippen LogP contribution in [0.1, 0.15) is 48.5 Å². The lowest BCUT2D eigenvalue weighted by Crippen LogP contribution is -2.36. The molecule has 0 heterocycles. The number of rotatable bonds is 6. The highest BCUT2D eigenvalue weighted by Gasteiger charge is 2.41. The summed E-state index contributed by atoms with van der Waals surface area (Å²) in [6.45, 7) is 5.96. The van der Waals surface area contributed by atoms with E-state index >= 15 is 0 Å². The van der Waals surface area contributed by atoms with Gasteiger partial charge in [0.1, 0.15) is 0 Å². The third kappa shape index (κ3) is 3.23. The van der Waals surface area contributed by atoms with Crippen LogP contribution in [0.25, 0.3) is 0 Å². The molecule has 0 radical (unpaired) electrons. The fourth-order valence-electron chi connectivity index (χ4n) is 3.12. The quantitative estimate of drug-likeness (QED) is 0.591. The Kier molecular flexibility index (Phi) is 4.94. The average molecular weight is 286 g/mol. The molecular formula is C18H22O3. The molecule has 112 valence electrons. The number of carbonyl (C=O) groups is 2. The summed E-state index contributed by atoms with van der Waals surface area (Å²) in [7, 11) is 0. The lowest BCUT2D eigenvalue weighted by molar-refractivity contribution is -0.143. The molecule has 0 fully saturated rings. The molecule has 0 spiro atoms. The molecule has 0 aromatic heterocycles. The van der Waals surface area contributed by atoms with E-state index in [0.717, 1.165) is 24.0 Å². The Morgan fingerprint density at radius 3 is 2.90 bits per heavy atom. The minimum Gasteiger partial charge on any atom is -0.466 e. The average Bonchev–Trinajstić information content (AvgIpc) is 2.49. The van der Waals surface area contributed by atoms with Gasteiger partial charge in [-0.05, 0) is 38.2 Å². The number of fused-ring (bicyclic) bond motifs is 1. The molecule has 0 bridgehead atoms. The van der Waals surface area contributed by atoms with Gasteiger partial charge in [-0.2, -0.15) is 0 Å². The molecule has 1 atom stereocenters. The zero-order valence-electron chi connectivity index (χ0n) is 12.6. The normalized spacial score (nSPS) is 20.7. The Balaban J connectivity index is 2.21. The molecular weight excluding hydrogens is 264 g/mol. The molecule has 0 aliphatic heterocycles. The van der Waals surface area contributed by atoms with Gasteiger partial charge in [0.05, 0.1) is 6.61 Å². The highest BCUT2D eigenvalue weighted by molar-refractivity contribution is 6.03. The second-order valence-electron chi connectivity index (χ2n) is 5.56. The maximum atomic E-state index is 12.9. The summed E-state index contributed by atoms with van der Waals surface area (Å²) in [6.07, 6.45) is 4.87. The number of ketones is 1. The number of hydrogen-bond acceptors (Lipinski definition) is 3. The van der Waals surface area contributed by atoms with Gasteiger partial charge in [-0.3, -0.25) is 9.59 Å². The summed E-state index contributed by atoms with van der Waals surface area (Å²) in [5, 5.41) is 0. The summed E-state index contributed by atoms with van der Waals surface area (Å²) in [6, 6.07) is 7.76. The number of hydrogen-bond donors (Lipinski definition) is 0. The van der Waals surface area contributed by atoms with Gasteiger partial charge in [-0.1, -0.05) is 30.3 Å². The van der Waals surface area contributed by atoms with E-state index in [0.29, 0.717) is 19.4 Å². The van der Waals surface area contributed by atoms with Crippen molar-refractivity contribution in [3.63, 3.8) is 0 Å². The molecule has 1 aliphatic carbocycles. The number of ether oxygens (including phenoxy) is 1. The van der Waals surface area contributed by atoms with Crippen LogP contribution in [-0.2, 0) is 16.0 Å². The minimum absolute atomic E-state index is 0.147. The topological polar surface area (TPSA) is 43.4 Å². The molecule has 3 heteroatoms. The maximum Gasteiger partial charge on any atom is 0.305 e. The van der Waals surface area contributed by atoms with Crippen molar-refractivity contribution in [3.8, 4) is 0 Å². The van der Waals surface area contributed by atoms with Gasteiger partial charge >= 0.3 is 5.97 Å². The summed E-state index contributed by atoms with van der Waals surface area (Å²) >= 11 is 0. The number of benzene rings is 1. The Hall–Kier alpha value is -1.90. The SMILES string of the molecule is C=CCC1(CCC(=O)OCC)CCc2ccccc2C1=O. The van der Waals surface area contributed by atoms with Crippen LogP contribution in [0.3, 0.4) is 0 Å². The first kappa shape index (κ1) is 15.5. The molecule has 3 nitrogen and oxygen atoms in total. The van der Waals surface area contributed by atoms with E-state index in [9.17, 15) is 9.59 Å². The summed E-state index contributed by atoms with van der Waals surface area (Å²) in [5.41, 5.74) is 1.41. The van der Waals surface area contributed by atoms with Crippen LogP contribution in [0.4, 0.5) is 0 Å². The number of allylic oxidation sites excluding steroid dienone is 1. The van der Waals surface area contributed by atoms with Crippen LogP contribution >= 0.6 is 0 Å². The first-order chi connectivity index (χ1) is 10.1. The molecule has 1 aliphatic rings. The highest BCUT2D eigenvalue weighted by atomic mass is 16.5. The Labute approximate surface area is 126 Å². The smallest absolute Gasteiger partial charge is 0.305 e. The summed E-state index contributed by atoms with van der Waals surface area (Å²) in [5.74, 6) is -0.0823. The van der Waals surface area contributed by atoms with Crippen LogP contribution in [0.15, 0.2) is 36.9 Å². The van der Waals surface area contributed by atoms with Crippen molar-refractivity contribution in [3.05, 3.63) is 48.0 Å². The lowest BCUT2D eigenvalue weighted by Gasteiger charge is -2.36. The number of carbonyl (C=O) groups excluding carboxylic acids is 2. The molecule has 0 saturated carbocycles. The van der Waals surface area contributed by atoms with Gasteiger partial charge in [0.25, 0.3) is 0 Å². The van der Waals surface area contributed by atoms with Crippen LogP contribution in [0, 0.1) is 5.41 Å².